The van der Waals surface area contributed by atoms with Gasteiger partial charge in [0.05, 0.1) is 15.2 Å². The molecule has 2 unspecified atom stereocenters. The smallest absolute Gasteiger partial charge is 0.387 e. The van der Waals surface area contributed by atoms with Gasteiger partial charge in [-0.3, -0.25) is 4.79 Å². The number of aliphatic hydroxyl groups excluding tert-OH is 2. The fourth-order valence-corrected chi connectivity index (χ4v) is 3.49. The Hall–Kier alpha value is -2.33. The zero-order valence-electron chi connectivity index (χ0n) is 13.5. The quantitative estimate of drug-likeness (QED) is 0.573. The van der Waals surface area contributed by atoms with Gasteiger partial charge in [0.1, 0.15) is 16.9 Å². The predicted molar refractivity (Wildman–Crippen MR) is 97.3 cm³/mol. The first kappa shape index (κ1) is 19.4. The Morgan fingerprint density at radius 3 is 2.63 bits per heavy atom. The maximum absolute atomic E-state index is 12.2. The molecule has 142 valence electrons. The molecule has 1 amide bonds. The highest BCUT2D eigenvalue weighted by Crippen LogP contribution is 2.30. The summed E-state index contributed by atoms with van der Waals surface area (Å²) in [5.74, 6) is -1.15. The Morgan fingerprint density at radius 2 is 1.96 bits per heavy atom. The van der Waals surface area contributed by atoms with Crippen molar-refractivity contribution < 1.29 is 28.5 Å². The van der Waals surface area contributed by atoms with Gasteiger partial charge in [0.25, 0.3) is 5.91 Å². The molecule has 27 heavy (non-hydrogen) atoms. The number of hydrogen-bond acceptors (Lipinski definition) is 6. The molecule has 0 spiro atoms. The first-order valence-corrected chi connectivity index (χ1v) is 8.81. The number of thiazole rings is 1. The van der Waals surface area contributed by atoms with Crippen molar-refractivity contribution in [2.45, 2.75) is 18.8 Å². The van der Waals surface area contributed by atoms with E-state index in [1.807, 2.05) is 6.07 Å². The molecule has 3 aromatic rings. The van der Waals surface area contributed by atoms with E-state index in [0.29, 0.717) is 5.52 Å². The van der Waals surface area contributed by atoms with Gasteiger partial charge in [-0.2, -0.15) is 8.78 Å². The van der Waals surface area contributed by atoms with Gasteiger partial charge >= 0.3 is 6.61 Å². The molecule has 1 heterocycles. The normalized spacial score (nSPS) is 13.6. The molecule has 0 bridgehead atoms. The number of ether oxygens (including phenoxy) is 1. The van der Waals surface area contributed by atoms with Crippen LogP contribution in [0.2, 0.25) is 5.02 Å². The summed E-state index contributed by atoms with van der Waals surface area (Å²) in [4.78, 5) is 16.4. The fourth-order valence-electron chi connectivity index (χ4n) is 2.28. The molecular weight excluding hydrogens is 402 g/mol. The van der Waals surface area contributed by atoms with Crippen molar-refractivity contribution in [2.24, 2.45) is 0 Å². The molecule has 1 aromatic heterocycles. The van der Waals surface area contributed by atoms with E-state index in [1.54, 1.807) is 18.2 Å². The average molecular weight is 415 g/mol. The lowest BCUT2D eigenvalue weighted by atomic mass is 10.2. The lowest BCUT2D eigenvalue weighted by Crippen LogP contribution is -2.33. The van der Waals surface area contributed by atoms with Gasteiger partial charge in [0.15, 0.2) is 6.10 Å². The second-order valence-corrected chi connectivity index (χ2v) is 6.89. The third-order valence-corrected chi connectivity index (χ3v) is 4.95. The van der Waals surface area contributed by atoms with Gasteiger partial charge in [-0.15, -0.1) is 11.3 Å². The number of para-hydroxylation sites is 1. The van der Waals surface area contributed by atoms with Crippen molar-refractivity contribution in [1.82, 2.24) is 4.98 Å². The molecule has 3 N–H and O–H groups in total. The molecule has 2 atom stereocenters. The molecule has 0 fully saturated rings. The maximum atomic E-state index is 12.2. The van der Waals surface area contributed by atoms with Crippen molar-refractivity contribution in [1.29, 1.82) is 0 Å². The second kappa shape index (κ2) is 8.13. The number of carbonyl (C=O) groups excluding carboxylic acids is 1. The summed E-state index contributed by atoms with van der Waals surface area (Å²) in [5.41, 5.74) is 0.785. The SMILES string of the molecule is O=C(Nc1ccc(OC(F)F)c(Cl)c1)C(O)C(O)c1nc2ccccc2s1. The molecule has 0 aliphatic heterocycles. The summed E-state index contributed by atoms with van der Waals surface area (Å²) in [5, 5.41) is 22.8. The highest BCUT2D eigenvalue weighted by molar-refractivity contribution is 7.18. The molecule has 6 nitrogen and oxygen atoms in total. The molecule has 0 saturated carbocycles. The summed E-state index contributed by atoms with van der Waals surface area (Å²) >= 11 is 6.97. The number of benzene rings is 2. The van der Waals surface area contributed by atoms with Gasteiger partial charge in [-0.05, 0) is 30.3 Å². The van der Waals surface area contributed by atoms with Crippen LogP contribution >= 0.6 is 22.9 Å². The van der Waals surface area contributed by atoms with Crippen LogP contribution in [-0.2, 0) is 4.79 Å². The predicted octanol–water partition coefficient (Wildman–Crippen LogP) is 3.58. The summed E-state index contributed by atoms with van der Waals surface area (Å²) in [6.45, 7) is -3.03. The third-order valence-electron chi connectivity index (χ3n) is 3.55. The molecule has 0 aliphatic rings. The Morgan fingerprint density at radius 1 is 1.22 bits per heavy atom. The number of nitrogens with zero attached hydrogens (tertiary/aromatic N) is 1. The summed E-state index contributed by atoms with van der Waals surface area (Å²) in [6.07, 6.45) is -3.32. The molecule has 10 heteroatoms. The monoisotopic (exact) mass is 414 g/mol. The summed E-state index contributed by atoms with van der Waals surface area (Å²) in [7, 11) is 0. The number of halogens is 3. The summed E-state index contributed by atoms with van der Waals surface area (Å²) in [6, 6.07) is 10.8. The van der Waals surface area contributed by atoms with E-state index in [1.165, 1.54) is 12.1 Å². The number of amides is 1. The summed E-state index contributed by atoms with van der Waals surface area (Å²) < 4.78 is 29.5. The second-order valence-electron chi connectivity index (χ2n) is 5.42. The molecule has 0 saturated heterocycles. The number of aromatic nitrogens is 1. The van der Waals surface area contributed by atoms with Crippen molar-refractivity contribution in [3.8, 4) is 5.75 Å². The average Bonchev–Trinajstić information content (AvgIpc) is 3.06. The largest absolute Gasteiger partial charge is 0.433 e. The molecule has 2 aromatic carbocycles. The van der Waals surface area contributed by atoms with E-state index < -0.39 is 24.7 Å². The van der Waals surface area contributed by atoms with Gasteiger partial charge in [0, 0.05) is 5.69 Å². The number of rotatable bonds is 6. The highest BCUT2D eigenvalue weighted by Gasteiger charge is 2.28. The number of alkyl halides is 2. The first-order valence-electron chi connectivity index (χ1n) is 7.62. The number of carbonyl (C=O) groups is 1. The maximum Gasteiger partial charge on any atom is 0.387 e. The minimum absolute atomic E-state index is 0.141. The van der Waals surface area contributed by atoms with Gasteiger partial charge in [0.2, 0.25) is 0 Å². The van der Waals surface area contributed by atoms with E-state index >= 15 is 0 Å². The van der Waals surface area contributed by atoms with Crippen molar-refractivity contribution in [3.05, 3.63) is 52.5 Å². The van der Waals surface area contributed by atoms with Crippen molar-refractivity contribution in [3.63, 3.8) is 0 Å². The van der Waals surface area contributed by atoms with Gasteiger partial charge in [-0.1, -0.05) is 23.7 Å². The van der Waals surface area contributed by atoms with Crippen LogP contribution in [0.25, 0.3) is 10.2 Å². The van der Waals surface area contributed by atoms with Crippen LogP contribution in [0.1, 0.15) is 11.1 Å². The minimum Gasteiger partial charge on any atom is -0.433 e. The zero-order valence-corrected chi connectivity index (χ0v) is 15.0. The number of aliphatic hydroxyl groups is 2. The molecule has 0 radical (unpaired) electrons. The number of anilines is 1. The van der Waals surface area contributed by atoms with Crippen LogP contribution in [0.4, 0.5) is 14.5 Å². The van der Waals surface area contributed by atoms with E-state index in [4.69, 9.17) is 11.6 Å². The van der Waals surface area contributed by atoms with E-state index in [-0.39, 0.29) is 21.5 Å². The van der Waals surface area contributed by atoms with Crippen LogP contribution in [0.15, 0.2) is 42.5 Å². The van der Waals surface area contributed by atoms with Crippen LogP contribution < -0.4 is 10.1 Å². The topological polar surface area (TPSA) is 91.7 Å². The molecular formula is C17H13ClF2N2O4S. The van der Waals surface area contributed by atoms with Gasteiger partial charge < -0.3 is 20.3 Å². The van der Waals surface area contributed by atoms with Crippen LogP contribution in [0, 0.1) is 0 Å². The van der Waals surface area contributed by atoms with Crippen LogP contribution in [0.3, 0.4) is 0 Å². The van der Waals surface area contributed by atoms with Gasteiger partial charge in [-0.25, -0.2) is 4.98 Å². The first-order chi connectivity index (χ1) is 12.8. The van der Waals surface area contributed by atoms with E-state index in [9.17, 15) is 23.8 Å². The van der Waals surface area contributed by atoms with Crippen molar-refractivity contribution >= 4 is 44.7 Å². The number of hydrogen-bond donors (Lipinski definition) is 3. The lowest BCUT2D eigenvalue weighted by molar-refractivity contribution is -0.129. The van der Waals surface area contributed by atoms with Crippen molar-refractivity contribution in [2.75, 3.05) is 5.32 Å². The Labute approximate surface area is 161 Å². The van der Waals surface area contributed by atoms with Crippen LogP contribution in [0.5, 0.6) is 5.75 Å². The fraction of sp³-hybridized carbons (Fsp3) is 0.176. The van der Waals surface area contributed by atoms with Crippen LogP contribution in [-0.4, -0.2) is 33.8 Å². The minimum atomic E-state index is -3.03. The standard InChI is InChI=1S/C17H13ClF2N2O4S/c18-9-7-8(5-6-11(9)26-17(19)20)21-15(25)13(23)14(24)16-22-10-3-1-2-4-12(10)27-16/h1-7,13-14,17,23-24H,(H,21,25). The lowest BCUT2D eigenvalue weighted by Gasteiger charge is -2.16. The van der Waals surface area contributed by atoms with E-state index in [2.05, 4.69) is 15.0 Å². The molecule has 0 aliphatic carbocycles. The number of fused-ring (bicyclic) bond motifs is 1. The number of nitrogens with one attached hydrogen (secondary N) is 1. The Kier molecular flexibility index (Phi) is 5.85. The Balaban J connectivity index is 1.70. The molecule has 3 rings (SSSR count). The third kappa shape index (κ3) is 4.51. The van der Waals surface area contributed by atoms with E-state index in [0.717, 1.165) is 22.1 Å². The Bertz CT molecular complexity index is 936. The highest BCUT2D eigenvalue weighted by atomic mass is 35.5. The zero-order chi connectivity index (χ0) is 19.6.